The second kappa shape index (κ2) is 8.23. The van der Waals surface area contributed by atoms with Crippen molar-refractivity contribution in [2.75, 3.05) is 18.1 Å². The smallest absolute Gasteiger partial charge is 0.223 e. The molecule has 0 aromatic heterocycles. The number of carbonyl (C=O) groups is 1. The minimum atomic E-state index is 0. The Balaban J connectivity index is 0.00000176. The Morgan fingerprint density at radius 2 is 2.05 bits per heavy atom. The van der Waals surface area contributed by atoms with Crippen LogP contribution in [0.15, 0.2) is 30.3 Å². The number of hydrogen-bond acceptors (Lipinski definition) is 3. The highest BCUT2D eigenvalue weighted by Gasteiger charge is 2.32. The highest BCUT2D eigenvalue weighted by molar-refractivity contribution is 7.99. The van der Waals surface area contributed by atoms with Gasteiger partial charge in [-0.2, -0.15) is 11.8 Å². The average molecular weight is 341 g/mol. The number of benzene rings is 1. The molecule has 1 aliphatic carbocycles. The Morgan fingerprint density at radius 1 is 1.27 bits per heavy atom. The van der Waals surface area contributed by atoms with Crippen LogP contribution >= 0.6 is 24.2 Å². The minimum absolute atomic E-state index is 0. The van der Waals surface area contributed by atoms with Crippen LogP contribution in [-0.4, -0.2) is 34.9 Å². The van der Waals surface area contributed by atoms with E-state index in [1.165, 1.54) is 12.0 Å². The van der Waals surface area contributed by atoms with E-state index in [0.29, 0.717) is 18.2 Å². The van der Waals surface area contributed by atoms with Gasteiger partial charge in [0.15, 0.2) is 0 Å². The number of rotatable bonds is 3. The lowest BCUT2D eigenvalue weighted by Gasteiger charge is -2.36. The number of halogens is 1. The zero-order valence-corrected chi connectivity index (χ0v) is 14.5. The largest absolute Gasteiger partial charge is 0.334 e. The SMILES string of the molecule is Cl.N[C@@H]1CCC[C@H]1CC(=O)N1CCSCC1c1ccccc1. The van der Waals surface area contributed by atoms with Gasteiger partial charge in [0.1, 0.15) is 0 Å². The Labute approximate surface area is 143 Å². The minimum Gasteiger partial charge on any atom is -0.334 e. The lowest BCUT2D eigenvalue weighted by atomic mass is 9.98. The van der Waals surface area contributed by atoms with Gasteiger partial charge in [0.25, 0.3) is 0 Å². The van der Waals surface area contributed by atoms with E-state index in [1.807, 2.05) is 17.8 Å². The first-order valence-electron chi connectivity index (χ1n) is 7.93. The topological polar surface area (TPSA) is 46.3 Å². The molecule has 1 heterocycles. The molecule has 3 rings (SSSR count). The van der Waals surface area contributed by atoms with Crippen LogP contribution in [0.3, 0.4) is 0 Å². The normalized spacial score (nSPS) is 28.2. The van der Waals surface area contributed by atoms with Gasteiger partial charge in [-0.05, 0) is 24.3 Å². The van der Waals surface area contributed by atoms with Crippen LogP contribution in [-0.2, 0) is 4.79 Å². The van der Waals surface area contributed by atoms with Crippen LogP contribution in [0.4, 0.5) is 0 Å². The molecule has 122 valence electrons. The van der Waals surface area contributed by atoms with Gasteiger partial charge in [0.05, 0.1) is 6.04 Å². The van der Waals surface area contributed by atoms with Crippen molar-refractivity contribution in [3.63, 3.8) is 0 Å². The van der Waals surface area contributed by atoms with Crippen LogP contribution in [0.2, 0.25) is 0 Å². The van der Waals surface area contributed by atoms with Crippen molar-refractivity contribution < 1.29 is 4.79 Å². The summed E-state index contributed by atoms with van der Waals surface area (Å²) in [6, 6.07) is 10.9. The van der Waals surface area contributed by atoms with Gasteiger partial charge < -0.3 is 10.6 Å². The second-order valence-electron chi connectivity index (χ2n) is 6.15. The fourth-order valence-corrected chi connectivity index (χ4v) is 4.60. The third-order valence-electron chi connectivity index (χ3n) is 4.79. The monoisotopic (exact) mass is 340 g/mol. The molecule has 2 N–H and O–H groups in total. The highest BCUT2D eigenvalue weighted by atomic mass is 35.5. The van der Waals surface area contributed by atoms with Crippen LogP contribution in [0, 0.1) is 5.92 Å². The van der Waals surface area contributed by atoms with Gasteiger partial charge in [-0.3, -0.25) is 4.79 Å². The Hall–Kier alpha value is -0.710. The zero-order chi connectivity index (χ0) is 14.7. The van der Waals surface area contributed by atoms with E-state index in [4.69, 9.17) is 5.73 Å². The third-order valence-corrected chi connectivity index (χ3v) is 5.81. The quantitative estimate of drug-likeness (QED) is 0.918. The zero-order valence-electron chi connectivity index (χ0n) is 12.8. The number of amides is 1. The molecular weight excluding hydrogens is 316 g/mol. The maximum Gasteiger partial charge on any atom is 0.223 e. The number of thioether (sulfide) groups is 1. The Morgan fingerprint density at radius 3 is 2.73 bits per heavy atom. The second-order valence-corrected chi connectivity index (χ2v) is 7.30. The first-order chi connectivity index (χ1) is 10.3. The molecule has 22 heavy (non-hydrogen) atoms. The molecule has 0 radical (unpaired) electrons. The molecule has 3 nitrogen and oxygen atoms in total. The molecule has 1 aliphatic heterocycles. The van der Waals surface area contributed by atoms with Crippen LogP contribution in [0.5, 0.6) is 0 Å². The summed E-state index contributed by atoms with van der Waals surface area (Å²) in [5, 5.41) is 0. The molecule has 3 atom stereocenters. The standard InChI is InChI=1S/C17H24N2OS.ClH/c18-15-8-4-7-14(15)11-17(20)19-9-10-21-12-16(19)13-5-2-1-3-6-13;/h1-3,5-6,14-16H,4,7-12,18H2;1H/t14-,15+,16?;/m0./s1. The summed E-state index contributed by atoms with van der Waals surface area (Å²) in [6.45, 7) is 0.866. The molecular formula is C17H25ClN2OS. The summed E-state index contributed by atoms with van der Waals surface area (Å²) in [7, 11) is 0. The van der Waals surface area contributed by atoms with E-state index in [2.05, 4.69) is 29.2 Å². The van der Waals surface area contributed by atoms with Crippen LogP contribution in [0.1, 0.15) is 37.3 Å². The van der Waals surface area contributed by atoms with Gasteiger partial charge >= 0.3 is 0 Å². The Kier molecular flexibility index (Phi) is 6.60. The molecule has 1 unspecified atom stereocenters. The fraction of sp³-hybridized carbons (Fsp3) is 0.588. The van der Waals surface area contributed by atoms with Crippen molar-refractivity contribution in [3.8, 4) is 0 Å². The number of carbonyl (C=O) groups excluding carboxylic acids is 1. The van der Waals surface area contributed by atoms with Crippen molar-refractivity contribution in [2.24, 2.45) is 11.7 Å². The van der Waals surface area contributed by atoms with Gasteiger partial charge in [-0.1, -0.05) is 36.8 Å². The average Bonchev–Trinajstić information content (AvgIpc) is 2.93. The maximum atomic E-state index is 12.7. The summed E-state index contributed by atoms with van der Waals surface area (Å²) in [6.07, 6.45) is 4.01. The molecule has 1 aromatic carbocycles. The maximum absolute atomic E-state index is 12.7. The van der Waals surface area contributed by atoms with E-state index < -0.39 is 0 Å². The lowest BCUT2D eigenvalue weighted by molar-refractivity contribution is -0.134. The van der Waals surface area contributed by atoms with Crippen molar-refractivity contribution in [1.29, 1.82) is 0 Å². The van der Waals surface area contributed by atoms with Gasteiger partial charge in [0, 0.05) is 30.5 Å². The molecule has 1 saturated heterocycles. The summed E-state index contributed by atoms with van der Waals surface area (Å²) >= 11 is 1.94. The van der Waals surface area contributed by atoms with E-state index in [0.717, 1.165) is 30.9 Å². The van der Waals surface area contributed by atoms with Crippen molar-refractivity contribution in [3.05, 3.63) is 35.9 Å². The fourth-order valence-electron chi connectivity index (χ4n) is 3.51. The van der Waals surface area contributed by atoms with Crippen molar-refractivity contribution >= 4 is 30.1 Å². The van der Waals surface area contributed by atoms with Gasteiger partial charge in [0.2, 0.25) is 5.91 Å². The summed E-state index contributed by atoms with van der Waals surface area (Å²) in [5.41, 5.74) is 7.39. The molecule has 2 aliphatic rings. The van der Waals surface area contributed by atoms with E-state index >= 15 is 0 Å². The molecule has 1 amide bonds. The first kappa shape index (κ1) is 17.6. The third kappa shape index (κ3) is 3.98. The number of nitrogens with two attached hydrogens (primary N) is 1. The molecule has 2 fully saturated rings. The number of nitrogens with zero attached hydrogens (tertiary/aromatic N) is 1. The van der Waals surface area contributed by atoms with Crippen LogP contribution < -0.4 is 5.73 Å². The molecule has 1 aromatic rings. The Bertz CT molecular complexity index is 485. The lowest BCUT2D eigenvalue weighted by Crippen LogP contribution is -2.42. The summed E-state index contributed by atoms with van der Waals surface area (Å²) < 4.78 is 0. The first-order valence-corrected chi connectivity index (χ1v) is 9.09. The summed E-state index contributed by atoms with van der Waals surface area (Å²) in [4.78, 5) is 14.8. The van der Waals surface area contributed by atoms with Crippen molar-refractivity contribution in [1.82, 2.24) is 4.90 Å². The summed E-state index contributed by atoms with van der Waals surface area (Å²) in [5.74, 6) is 2.74. The van der Waals surface area contributed by atoms with E-state index in [1.54, 1.807) is 0 Å². The molecule has 0 spiro atoms. The number of hydrogen-bond donors (Lipinski definition) is 1. The van der Waals surface area contributed by atoms with Crippen LogP contribution in [0.25, 0.3) is 0 Å². The van der Waals surface area contributed by atoms with Crippen molar-refractivity contribution in [2.45, 2.75) is 37.8 Å². The predicted octanol–water partition coefficient (Wildman–Crippen LogP) is 3.24. The molecule has 0 bridgehead atoms. The molecule has 1 saturated carbocycles. The van der Waals surface area contributed by atoms with E-state index in [-0.39, 0.29) is 24.5 Å². The predicted molar refractivity (Wildman–Crippen MR) is 95.4 cm³/mol. The highest BCUT2D eigenvalue weighted by Crippen LogP contribution is 2.33. The molecule has 5 heteroatoms. The van der Waals surface area contributed by atoms with Gasteiger partial charge in [-0.15, -0.1) is 12.4 Å². The van der Waals surface area contributed by atoms with Gasteiger partial charge in [-0.25, -0.2) is 0 Å². The van der Waals surface area contributed by atoms with E-state index in [9.17, 15) is 4.79 Å².